The Balaban J connectivity index is 1.50. The van der Waals surface area contributed by atoms with E-state index in [1.807, 2.05) is 12.1 Å². The third-order valence-corrected chi connectivity index (χ3v) is 8.66. The molecule has 1 aliphatic rings. The first-order valence-corrected chi connectivity index (χ1v) is 15.1. The van der Waals surface area contributed by atoms with Crippen LogP contribution in [-0.4, -0.2) is 54.8 Å². The second-order valence-corrected chi connectivity index (χ2v) is 11.8. The van der Waals surface area contributed by atoms with Gasteiger partial charge in [-0.25, -0.2) is 8.42 Å². The highest BCUT2D eigenvalue weighted by Gasteiger charge is 2.38. The van der Waals surface area contributed by atoms with Crippen LogP contribution in [-0.2, 0) is 38.3 Å². The Kier molecular flexibility index (Phi) is 10.5. The maximum absolute atomic E-state index is 13.6. The molecule has 41 heavy (non-hydrogen) atoms. The highest BCUT2D eigenvalue weighted by atomic mass is 32.2. The van der Waals surface area contributed by atoms with Crippen molar-refractivity contribution in [3.05, 3.63) is 95.8 Å². The summed E-state index contributed by atoms with van der Waals surface area (Å²) >= 11 is 0. The van der Waals surface area contributed by atoms with Gasteiger partial charge in [-0.2, -0.15) is 4.31 Å². The number of carbonyl (C=O) groups is 2. The number of piperidine rings is 1. The van der Waals surface area contributed by atoms with Gasteiger partial charge in [0.2, 0.25) is 21.8 Å². The summed E-state index contributed by atoms with van der Waals surface area (Å²) in [6, 6.07) is 17.8. The minimum atomic E-state index is -3.77. The molecule has 2 N–H and O–H groups in total. The molecule has 2 atom stereocenters. The quantitative estimate of drug-likeness (QED) is 0.321. The van der Waals surface area contributed by atoms with Crippen LogP contribution >= 0.6 is 0 Å². The highest BCUT2D eigenvalue weighted by Crippen LogP contribution is 2.24. The van der Waals surface area contributed by atoms with Gasteiger partial charge in [-0.1, -0.05) is 60.9 Å². The number of hydrogen-bond donors (Lipinski definition) is 2. The number of pyridine rings is 1. The first-order valence-electron chi connectivity index (χ1n) is 13.5. The van der Waals surface area contributed by atoms with Gasteiger partial charge in [0.15, 0.2) is 0 Å². The van der Waals surface area contributed by atoms with Gasteiger partial charge in [0, 0.05) is 31.9 Å². The average Bonchev–Trinajstić information content (AvgIpc) is 3.00. The molecule has 2 aromatic carbocycles. The lowest BCUT2D eigenvalue weighted by atomic mass is 10.0. The standard InChI is InChI=1S/C31H34N4O5S/c1-2-19-40-27-15-13-24(14-16-27)20-28(30(36)33-22-26-11-8-17-32-21-26)34-31(37)29-12-6-7-18-35(29)41(38,39)23-25-9-4-3-5-10-25/h1,3-5,8-11,13-17,21,28-29H,6-7,12,18-20,22-23H2,(H,33,36)(H,34,37)/t28-,29-/m0/s1. The maximum atomic E-state index is 13.6. The SMILES string of the molecule is C#CCOc1ccc(C[C@H](NC(=O)[C@@H]2CCCCN2S(=O)(=O)Cc2ccccc2)C(=O)NCc2cccnc2)cc1. The van der Waals surface area contributed by atoms with Crippen molar-refractivity contribution in [1.29, 1.82) is 0 Å². The maximum Gasteiger partial charge on any atom is 0.243 e. The Bertz CT molecular complexity index is 1440. The number of hydrogen-bond acceptors (Lipinski definition) is 6. The number of sulfonamides is 1. The zero-order valence-electron chi connectivity index (χ0n) is 22.7. The first-order chi connectivity index (χ1) is 19.9. The fourth-order valence-corrected chi connectivity index (χ4v) is 6.52. The van der Waals surface area contributed by atoms with Crippen LogP contribution in [0.1, 0.15) is 36.0 Å². The lowest BCUT2D eigenvalue weighted by Gasteiger charge is -2.34. The number of rotatable bonds is 12. The van der Waals surface area contributed by atoms with Gasteiger partial charge < -0.3 is 15.4 Å². The molecule has 0 bridgehead atoms. The molecular weight excluding hydrogens is 540 g/mol. The van der Waals surface area contributed by atoms with Crippen molar-refractivity contribution in [3.8, 4) is 18.1 Å². The van der Waals surface area contributed by atoms with Crippen LogP contribution in [0.3, 0.4) is 0 Å². The van der Waals surface area contributed by atoms with Crippen LogP contribution in [0.15, 0.2) is 79.1 Å². The third-order valence-electron chi connectivity index (χ3n) is 6.81. The number of aromatic nitrogens is 1. The summed E-state index contributed by atoms with van der Waals surface area (Å²) in [5.41, 5.74) is 2.25. The van der Waals surface area contributed by atoms with Crippen molar-refractivity contribution in [2.45, 2.75) is 50.1 Å². The normalized spacial score (nSPS) is 16.2. The second-order valence-electron chi connectivity index (χ2n) is 9.85. The summed E-state index contributed by atoms with van der Waals surface area (Å²) in [7, 11) is -3.77. The molecule has 0 aliphatic carbocycles. The van der Waals surface area contributed by atoms with E-state index in [9.17, 15) is 18.0 Å². The molecule has 1 fully saturated rings. The fraction of sp³-hybridized carbons (Fsp3) is 0.323. The average molecular weight is 575 g/mol. The topological polar surface area (TPSA) is 118 Å². The van der Waals surface area contributed by atoms with Crippen LogP contribution < -0.4 is 15.4 Å². The number of ether oxygens (including phenoxy) is 1. The van der Waals surface area contributed by atoms with E-state index >= 15 is 0 Å². The van der Waals surface area contributed by atoms with Crippen molar-refractivity contribution in [2.75, 3.05) is 13.2 Å². The predicted molar refractivity (Wildman–Crippen MR) is 156 cm³/mol. The summed E-state index contributed by atoms with van der Waals surface area (Å²) in [4.78, 5) is 31.0. The minimum Gasteiger partial charge on any atom is -0.481 e. The Morgan fingerprint density at radius 2 is 1.78 bits per heavy atom. The van der Waals surface area contributed by atoms with Crippen LogP contribution in [0, 0.1) is 12.3 Å². The summed E-state index contributed by atoms with van der Waals surface area (Å²) in [6.45, 7) is 0.628. The van der Waals surface area contributed by atoms with Crippen molar-refractivity contribution in [1.82, 2.24) is 19.9 Å². The Hall–Kier alpha value is -4.20. The van der Waals surface area contributed by atoms with E-state index in [1.165, 1.54) is 4.31 Å². The molecule has 1 aromatic heterocycles. The van der Waals surface area contributed by atoms with Crippen LogP contribution in [0.5, 0.6) is 5.75 Å². The number of nitrogens with one attached hydrogen (secondary N) is 2. The fourth-order valence-electron chi connectivity index (χ4n) is 4.74. The molecule has 0 unspecified atom stereocenters. The monoisotopic (exact) mass is 574 g/mol. The number of benzene rings is 2. The van der Waals surface area contributed by atoms with Crippen LogP contribution in [0.25, 0.3) is 0 Å². The smallest absolute Gasteiger partial charge is 0.243 e. The molecule has 0 saturated carbocycles. The van der Waals surface area contributed by atoms with Crippen LogP contribution in [0.4, 0.5) is 0 Å². The Morgan fingerprint density at radius 3 is 2.49 bits per heavy atom. The number of nitrogens with zero attached hydrogens (tertiary/aromatic N) is 2. The van der Waals surface area contributed by atoms with Gasteiger partial charge in [-0.3, -0.25) is 14.6 Å². The van der Waals surface area contributed by atoms with Crippen molar-refractivity contribution in [3.63, 3.8) is 0 Å². The largest absolute Gasteiger partial charge is 0.481 e. The lowest BCUT2D eigenvalue weighted by molar-refractivity contribution is -0.131. The second kappa shape index (κ2) is 14.4. The number of carbonyl (C=O) groups excluding carboxylic acids is 2. The number of amides is 2. The Morgan fingerprint density at radius 1 is 1.02 bits per heavy atom. The van der Waals surface area contributed by atoms with E-state index in [1.54, 1.807) is 67.0 Å². The third kappa shape index (κ3) is 8.64. The summed E-state index contributed by atoms with van der Waals surface area (Å²) in [5.74, 6) is 1.94. The molecule has 2 amide bonds. The summed E-state index contributed by atoms with van der Waals surface area (Å²) in [6.07, 6.45) is 10.5. The molecule has 10 heteroatoms. The summed E-state index contributed by atoms with van der Waals surface area (Å²) < 4.78 is 33.5. The van der Waals surface area contributed by atoms with Gasteiger partial charge in [-0.15, -0.1) is 6.42 Å². The van der Waals surface area contributed by atoms with Gasteiger partial charge in [0.1, 0.15) is 24.4 Å². The molecule has 9 nitrogen and oxygen atoms in total. The molecular formula is C31H34N4O5S. The molecule has 214 valence electrons. The van der Waals surface area contributed by atoms with E-state index in [2.05, 4.69) is 21.5 Å². The van der Waals surface area contributed by atoms with Crippen molar-refractivity contribution < 1.29 is 22.7 Å². The van der Waals surface area contributed by atoms with E-state index < -0.39 is 28.0 Å². The molecule has 4 rings (SSSR count). The van der Waals surface area contributed by atoms with E-state index in [0.29, 0.717) is 30.6 Å². The lowest BCUT2D eigenvalue weighted by Crippen LogP contribution is -2.56. The molecule has 1 saturated heterocycles. The zero-order chi connectivity index (χ0) is 29.1. The van der Waals surface area contributed by atoms with Gasteiger partial charge in [0.05, 0.1) is 5.75 Å². The number of terminal acetylenes is 1. The summed E-state index contributed by atoms with van der Waals surface area (Å²) in [5, 5.41) is 5.72. The molecule has 3 aromatic rings. The predicted octanol–water partition coefficient (Wildman–Crippen LogP) is 2.82. The highest BCUT2D eigenvalue weighted by molar-refractivity contribution is 7.88. The van der Waals surface area contributed by atoms with E-state index in [4.69, 9.17) is 11.2 Å². The van der Waals surface area contributed by atoms with Gasteiger partial charge in [0.25, 0.3) is 0 Å². The van der Waals surface area contributed by atoms with Crippen molar-refractivity contribution >= 4 is 21.8 Å². The first kappa shape index (κ1) is 29.8. The van der Waals surface area contributed by atoms with Gasteiger partial charge >= 0.3 is 0 Å². The molecule has 0 radical (unpaired) electrons. The van der Waals surface area contributed by atoms with Gasteiger partial charge in [-0.05, 0) is 47.7 Å². The molecule has 1 aliphatic heterocycles. The molecule has 0 spiro atoms. The zero-order valence-corrected chi connectivity index (χ0v) is 23.6. The van der Waals surface area contributed by atoms with Crippen molar-refractivity contribution in [2.24, 2.45) is 0 Å². The van der Waals surface area contributed by atoms with Crippen LogP contribution in [0.2, 0.25) is 0 Å². The Labute approximate surface area is 241 Å². The molecule has 2 heterocycles. The van der Waals surface area contributed by atoms with E-state index in [0.717, 1.165) is 11.1 Å². The minimum absolute atomic E-state index is 0.139. The van der Waals surface area contributed by atoms with E-state index in [-0.39, 0.29) is 37.8 Å².